The van der Waals surface area contributed by atoms with Crippen molar-refractivity contribution in [3.63, 3.8) is 0 Å². The Labute approximate surface area is 189 Å². The van der Waals surface area contributed by atoms with Gasteiger partial charge >= 0.3 is 0 Å². The minimum atomic E-state index is -0.216. The number of rotatable bonds is 4. The normalized spacial score (nSPS) is 21.6. The smallest absolute Gasteiger partial charge is 0.231 e. The number of likely N-dealkylation sites (tertiary alicyclic amines) is 1. The number of fused-ring (bicyclic) bond motifs is 3. The molecule has 1 amide bonds. The number of hydrogen-bond donors (Lipinski definition) is 0. The molecule has 5 nitrogen and oxygen atoms in total. The SMILES string of the molecule is CN(C)CCN1CC(C(=O)N2CCC3(CC2)OCc2ccccc23)c2ccc(Cl)cc21. The van der Waals surface area contributed by atoms with E-state index in [2.05, 4.69) is 48.2 Å². The Morgan fingerprint density at radius 1 is 1.19 bits per heavy atom. The molecule has 3 heterocycles. The second-order valence-electron chi connectivity index (χ2n) is 9.27. The molecule has 31 heavy (non-hydrogen) atoms. The van der Waals surface area contributed by atoms with Gasteiger partial charge in [0.1, 0.15) is 0 Å². The third-order valence-electron chi connectivity index (χ3n) is 7.12. The second kappa shape index (κ2) is 8.12. The van der Waals surface area contributed by atoms with Gasteiger partial charge in [-0.25, -0.2) is 0 Å². The lowest BCUT2D eigenvalue weighted by Crippen LogP contribution is -2.47. The standard InChI is InChI=1S/C25H30ClN3O2/c1-27(2)13-14-29-16-21(20-8-7-19(26)15-23(20)29)24(30)28-11-9-25(10-12-28)22-6-4-3-5-18(22)17-31-25/h3-8,15,21H,9-14,16-17H2,1-2H3. The van der Waals surface area contributed by atoms with Crippen LogP contribution in [0.25, 0.3) is 0 Å². The molecule has 1 spiro atoms. The van der Waals surface area contributed by atoms with Crippen LogP contribution in [0.3, 0.4) is 0 Å². The molecule has 6 heteroatoms. The van der Waals surface area contributed by atoms with Crippen LogP contribution in [0.2, 0.25) is 5.02 Å². The maximum atomic E-state index is 13.6. The van der Waals surface area contributed by atoms with E-state index in [0.717, 1.165) is 61.8 Å². The molecule has 3 aliphatic rings. The molecule has 1 fully saturated rings. The van der Waals surface area contributed by atoms with Crippen LogP contribution >= 0.6 is 11.6 Å². The van der Waals surface area contributed by atoms with E-state index in [-0.39, 0.29) is 17.4 Å². The summed E-state index contributed by atoms with van der Waals surface area (Å²) in [6.07, 6.45) is 1.72. The van der Waals surface area contributed by atoms with Crippen LogP contribution in [-0.4, -0.2) is 62.5 Å². The van der Waals surface area contributed by atoms with E-state index in [1.54, 1.807) is 0 Å². The number of benzene rings is 2. The molecular weight excluding hydrogens is 410 g/mol. The molecule has 0 N–H and O–H groups in total. The summed E-state index contributed by atoms with van der Waals surface area (Å²) < 4.78 is 6.28. The van der Waals surface area contributed by atoms with E-state index < -0.39 is 0 Å². The van der Waals surface area contributed by atoms with Gasteiger partial charge in [0.2, 0.25) is 5.91 Å². The third-order valence-corrected chi connectivity index (χ3v) is 7.36. The number of ether oxygens (including phenoxy) is 1. The van der Waals surface area contributed by atoms with Gasteiger partial charge in [0.05, 0.1) is 18.1 Å². The zero-order valence-corrected chi connectivity index (χ0v) is 19.1. The van der Waals surface area contributed by atoms with Crippen LogP contribution in [0, 0.1) is 0 Å². The molecule has 164 valence electrons. The van der Waals surface area contributed by atoms with Crippen molar-refractivity contribution >= 4 is 23.2 Å². The minimum absolute atomic E-state index is 0.125. The predicted octanol–water partition coefficient (Wildman–Crippen LogP) is 3.85. The van der Waals surface area contributed by atoms with Gasteiger partial charge in [-0.15, -0.1) is 0 Å². The molecule has 0 aromatic heterocycles. The summed E-state index contributed by atoms with van der Waals surface area (Å²) in [6, 6.07) is 14.5. The lowest BCUT2D eigenvalue weighted by atomic mass is 9.83. The van der Waals surface area contributed by atoms with Crippen LogP contribution in [0.1, 0.15) is 35.4 Å². The number of amides is 1. The Hall–Kier alpha value is -2.08. The van der Waals surface area contributed by atoms with Gasteiger partial charge in [0, 0.05) is 43.4 Å². The summed E-state index contributed by atoms with van der Waals surface area (Å²) in [5.41, 5.74) is 4.61. The molecule has 1 atom stereocenters. The molecule has 2 aromatic rings. The van der Waals surface area contributed by atoms with Gasteiger partial charge in [-0.3, -0.25) is 4.79 Å². The highest BCUT2D eigenvalue weighted by Crippen LogP contribution is 2.45. The lowest BCUT2D eigenvalue weighted by molar-refractivity contribution is -0.139. The van der Waals surface area contributed by atoms with Gasteiger partial charge in [0.25, 0.3) is 0 Å². The molecule has 5 rings (SSSR count). The number of nitrogens with zero attached hydrogens (tertiary/aromatic N) is 3. The molecule has 0 bridgehead atoms. The monoisotopic (exact) mass is 439 g/mol. The van der Waals surface area contributed by atoms with Crippen molar-refractivity contribution in [1.29, 1.82) is 0 Å². The lowest BCUT2D eigenvalue weighted by Gasteiger charge is -2.40. The van der Waals surface area contributed by atoms with Gasteiger partial charge in [-0.05, 0) is 55.8 Å². The molecular formula is C25H30ClN3O2. The fourth-order valence-corrected chi connectivity index (χ4v) is 5.52. The largest absolute Gasteiger partial charge is 0.369 e. The van der Waals surface area contributed by atoms with E-state index in [1.807, 2.05) is 23.1 Å². The van der Waals surface area contributed by atoms with Crippen molar-refractivity contribution in [2.24, 2.45) is 0 Å². The van der Waals surface area contributed by atoms with Gasteiger partial charge in [-0.2, -0.15) is 0 Å². The van der Waals surface area contributed by atoms with Gasteiger partial charge < -0.3 is 19.4 Å². The Morgan fingerprint density at radius 2 is 1.97 bits per heavy atom. The summed E-state index contributed by atoms with van der Waals surface area (Å²) in [5, 5.41) is 0.721. The van der Waals surface area contributed by atoms with E-state index >= 15 is 0 Å². The number of piperidine rings is 1. The van der Waals surface area contributed by atoms with Gasteiger partial charge in [-0.1, -0.05) is 41.9 Å². The molecule has 1 unspecified atom stereocenters. The van der Waals surface area contributed by atoms with Crippen molar-refractivity contribution in [3.05, 3.63) is 64.2 Å². The highest BCUT2D eigenvalue weighted by molar-refractivity contribution is 6.31. The minimum Gasteiger partial charge on any atom is -0.369 e. The topological polar surface area (TPSA) is 36.0 Å². The summed E-state index contributed by atoms with van der Waals surface area (Å²) in [4.78, 5) is 20.1. The van der Waals surface area contributed by atoms with E-state index in [1.165, 1.54) is 11.1 Å². The second-order valence-corrected chi connectivity index (χ2v) is 9.71. The van der Waals surface area contributed by atoms with Crippen molar-refractivity contribution in [3.8, 4) is 0 Å². The number of carbonyl (C=O) groups is 1. The third kappa shape index (κ3) is 3.73. The highest BCUT2D eigenvalue weighted by atomic mass is 35.5. The van der Waals surface area contributed by atoms with Crippen LogP contribution in [0.4, 0.5) is 5.69 Å². The van der Waals surface area contributed by atoms with Gasteiger partial charge in [0.15, 0.2) is 0 Å². The Morgan fingerprint density at radius 3 is 2.74 bits per heavy atom. The molecule has 2 aromatic carbocycles. The summed E-state index contributed by atoms with van der Waals surface area (Å²) in [7, 11) is 4.15. The number of halogens is 1. The zero-order chi connectivity index (χ0) is 21.6. The zero-order valence-electron chi connectivity index (χ0n) is 18.3. The number of carbonyl (C=O) groups excluding carboxylic acids is 1. The van der Waals surface area contributed by atoms with E-state index in [4.69, 9.17) is 16.3 Å². The van der Waals surface area contributed by atoms with Crippen LogP contribution in [0.15, 0.2) is 42.5 Å². The number of anilines is 1. The first-order chi connectivity index (χ1) is 15.0. The molecule has 1 saturated heterocycles. The van der Waals surface area contributed by atoms with Crippen LogP contribution in [-0.2, 0) is 21.7 Å². The summed E-state index contributed by atoms with van der Waals surface area (Å²) in [5.74, 6) is 0.109. The molecule has 0 radical (unpaired) electrons. The van der Waals surface area contributed by atoms with Crippen molar-refractivity contribution in [1.82, 2.24) is 9.80 Å². The molecule has 0 saturated carbocycles. The average Bonchev–Trinajstić information content (AvgIpc) is 3.31. The van der Waals surface area contributed by atoms with E-state index in [0.29, 0.717) is 6.61 Å². The Balaban J connectivity index is 1.31. The first-order valence-corrected chi connectivity index (χ1v) is 11.5. The predicted molar refractivity (Wildman–Crippen MR) is 124 cm³/mol. The maximum Gasteiger partial charge on any atom is 0.231 e. The number of hydrogen-bond acceptors (Lipinski definition) is 4. The van der Waals surface area contributed by atoms with E-state index in [9.17, 15) is 4.79 Å². The van der Waals surface area contributed by atoms with Crippen LogP contribution in [0.5, 0.6) is 0 Å². The van der Waals surface area contributed by atoms with Crippen molar-refractivity contribution in [2.45, 2.75) is 31.0 Å². The van der Waals surface area contributed by atoms with Crippen LogP contribution < -0.4 is 4.90 Å². The highest BCUT2D eigenvalue weighted by Gasteiger charge is 2.45. The first-order valence-electron chi connectivity index (χ1n) is 11.2. The van der Waals surface area contributed by atoms with Crippen molar-refractivity contribution in [2.75, 3.05) is 51.7 Å². The fraction of sp³-hybridized carbons (Fsp3) is 0.480. The average molecular weight is 440 g/mol. The molecule has 3 aliphatic heterocycles. The molecule has 0 aliphatic carbocycles. The quantitative estimate of drug-likeness (QED) is 0.724. The van der Waals surface area contributed by atoms with Crippen molar-refractivity contribution < 1.29 is 9.53 Å². The Bertz CT molecular complexity index is 984. The Kier molecular flexibility index (Phi) is 5.45. The fourth-order valence-electron chi connectivity index (χ4n) is 5.35. The first kappa shape index (κ1) is 20.8. The summed E-state index contributed by atoms with van der Waals surface area (Å²) >= 11 is 6.29. The summed E-state index contributed by atoms with van der Waals surface area (Å²) in [6.45, 7) is 4.72. The number of likely N-dealkylation sites (N-methyl/N-ethyl adjacent to an activating group) is 1. The maximum absolute atomic E-state index is 13.6.